The first kappa shape index (κ1) is 11.7. The van der Waals surface area contributed by atoms with Crippen LogP contribution in [0.3, 0.4) is 0 Å². The van der Waals surface area contributed by atoms with E-state index in [0.717, 1.165) is 0 Å². The molecule has 0 unspecified atom stereocenters. The first-order chi connectivity index (χ1) is 5.81. The summed E-state index contributed by atoms with van der Waals surface area (Å²) in [5, 5.41) is 10.6. The molecule has 0 bridgehead atoms. The predicted octanol–water partition coefficient (Wildman–Crippen LogP) is 1.23. The number of nitrogens with one attached hydrogen (secondary N) is 1. The molecule has 0 aromatic rings. The third-order valence-electron chi connectivity index (χ3n) is 1.01. The monoisotopic (exact) mass is 191 g/mol. The normalized spacial score (nSPS) is 10.7. The summed E-state index contributed by atoms with van der Waals surface area (Å²) in [6.45, 7) is 5.31. The maximum Gasteiger partial charge on any atom is 0.407 e. The zero-order valence-corrected chi connectivity index (χ0v) is 8.09. The molecule has 0 fully saturated rings. The van der Waals surface area contributed by atoms with Gasteiger partial charge in [-0.3, -0.25) is 4.79 Å². The number of carbonyl (C=O) groups excluding carboxylic acids is 1. The number of hydrogen-bond donors (Lipinski definition) is 2. The van der Waals surface area contributed by atoms with E-state index in [1.54, 1.807) is 20.8 Å². The maximum absolute atomic E-state index is 10.9. The van der Waals surface area contributed by atoms with Crippen LogP contribution in [-0.4, -0.2) is 29.3 Å². The van der Waals surface area contributed by atoms with Crippen molar-refractivity contribution in [2.75, 3.05) is 6.54 Å². The van der Waals surface area contributed by atoms with Crippen LogP contribution in [0.4, 0.5) is 4.79 Å². The molecule has 5 nitrogen and oxygen atoms in total. The molecule has 1 amide bonds. The summed E-state index contributed by atoms with van der Waals surface area (Å²) in [6, 6.07) is 0. The summed E-state index contributed by atoms with van der Waals surface area (Å²) in [4.78, 5) is 21.0. The van der Waals surface area contributed by atoms with E-state index in [9.17, 15) is 9.59 Å². The minimum absolute atomic E-state index is 0. The maximum atomic E-state index is 10.9. The molecule has 78 valence electrons. The molecule has 0 aromatic carbocycles. The van der Waals surface area contributed by atoms with E-state index >= 15 is 0 Å². The molecule has 2 N–H and O–H groups in total. The highest BCUT2D eigenvalue weighted by molar-refractivity contribution is 5.70. The Morgan fingerprint density at radius 2 is 2.00 bits per heavy atom. The lowest BCUT2D eigenvalue weighted by molar-refractivity contribution is -0.136. The van der Waals surface area contributed by atoms with Crippen molar-refractivity contribution < 1.29 is 20.9 Å². The van der Waals surface area contributed by atoms with Gasteiger partial charge in [0.05, 0.1) is 6.42 Å². The van der Waals surface area contributed by atoms with Crippen molar-refractivity contribution in [2.24, 2.45) is 0 Å². The molecule has 0 atom stereocenters. The molecule has 0 saturated carbocycles. The fourth-order valence-corrected chi connectivity index (χ4v) is 0.586. The van der Waals surface area contributed by atoms with E-state index in [4.69, 9.17) is 9.84 Å². The van der Waals surface area contributed by atoms with Crippen LogP contribution in [0.2, 0.25) is 0 Å². The molecule has 0 heterocycles. The van der Waals surface area contributed by atoms with Crippen molar-refractivity contribution in [1.29, 1.82) is 0 Å². The Labute approximate surface area is 78.6 Å². The quantitative estimate of drug-likeness (QED) is 0.703. The van der Waals surface area contributed by atoms with Crippen LogP contribution < -0.4 is 5.32 Å². The van der Waals surface area contributed by atoms with Crippen molar-refractivity contribution in [3.63, 3.8) is 0 Å². The Balaban J connectivity index is 0. The minimum Gasteiger partial charge on any atom is -0.481 e. The number of ether oxygens (including phenoxy) is 1. The van der Waals surface area contributed by atoms with E-state index in [1.165, 1.54) is 0 Å². The van der Waals surface area contributed by atoms with Gasteiger partial charge in [0, 0.05) is 7.97 Å². The fourth-order valence-electron chi connectivity index (χ4n) is 0.586. The van der Waals surface area contributed by atoms with Gasteiger partial charge in [0.1, 0.15) is 5.60 Å². The van der Waals surface area contributed by atoms with Gasteiger partial charge < -0.3 is 15.2 Å². The second kappa shape index (κ2) is 4.69. The molecule has 0 saturated heterocycles. The van der Waals surface area contributed by atoms with Crippen LogP contribution in [0.5, 0.6) is 0 Å². The van der Waals surface area contributed by atoms with Crippen molar-refractivity contribution >= 4 is 12.1 Å². The van der Waals surface area contributed by atoms with Crippen LogP contribution in [-0.2, 0) is 9.53 Å². The highest BCUT2D eigenvalue weighted by Gasteiger charge is 2.15. The first-order valence-electron chi connectivity index (χ1n) is 4.00. The van der Waals surface area contributed by atoms with Crippen LogP contribution >= 0.6 is 0 Å². The summed E-state index contributed by atoms with van der Waals surface area (Å²) in [7, 11) is 0. The van der Waals surface area contributed by atoms with Gasteiger partial charge in [-0.1, -0.05) is 0 Å². The number of carboxylic acid groups (broad SMARTS) is 1. The Hall–Kier alpha value is -1.26. The molecule has 0 aliphatic heterocycles. The summed E-state index contributed by atoms with van der Waals surface area (Å²) in [6.07, 6.45) is -0.687. The summed E-state index contributed by atoms with van der Waals surface area (Å²) in [5.41, 5.74) is -0.548. The third-order valence-corrected chi connectivity index (χ3v) is 1.01. The zero-order chi connectivity index (χ0) is 10.5. The van der Waals surface area contributed by atoms with Crippen LogP contribution in [0, 0.1) is 0 Å². The van der Waals surface area contributed by atoms with Crippen molar-refractivity contribution in [2.45, 2.75) is 32.8 Å². The predicted molar refractivity (Wildman–Crippen MR) is 48.6 cm³/mol. The lowest BCUT2D eigenvalue weighted by atomic mass is 10.2. The number of rotatable bonds is 3. The molecule has 5 heteroatoms. The first-order valence-corrected chi connectivity index (χ1v) is 4.00. The van der Waals surface area contributed by atoms with Crippen molar-refractivity contribution in [3.8, 4) is 0 Å². The van der Waals surface area contributed by atoms with Gasteiger partial charge in [0.15, 0.2) is 0 Å². The Kier molecular flexibility index (Phi) is 4.23. The fraction of sp³-hybridized carbons (Fsp3) is 0.750. The molecule has 0 aromatic heterocycles. The molecule has 13 heavy (non-hydrogen) atoms. The molecular formula is C8H17NO4. The molecule has 0 rings (SSSR count). The summed E-state index contributed by atoms with van der Waals surface area (Å²) < 4.78 is 4.88. The van der Waals surface area contributed by atoms with Gasteiger partial charge in [0.25, 0.3) is 0 Å². The Morgan fingerprint density at radius 3 is 2.38 bits per heavy atom. The summed E-state index contributed by atoms with van der Waals surface area (Å²) in [5.74, 6) is -0.948. The molecule has 0 spiro atoms. The van der Waals surface area contributed by atoms with Crippen LogP contribution in [0.25, 0.3) is 0 Å². The van der Waals surface area contributed by atoms with Crippen molar-refractivity contribution in [1.82, 2.24) is 5.32 Å². The molecular weight excluding hydrogens is 174 g/mol. The second-order valence-corrected chi connectivity index (χ2v) is 3.57. The smallest absolute Gasteiger partial charge is 0.407 e. The summed E-state index contributed by atoms with van der Waals surface area (Å²) >= 11 is 0. The van der Waals surface area contributed by atoms with Gasteiger partial charge in [-0.05, 0) is 20.8 Å². The largest absolute Gasteiger partial charge is 0.481 e. The number of alkyl carbamates (subject to hydrolysis) is 1. The van der Waals surface area contributed by atoms with E-state index in [1.807, 2.05) is 0 Å². The number of aliphatic carboxylic acids is 1. The third kappa shape index (κ3) is 8.65. The van der Waals surface area contributed by atoms with E-state index < -0.39 is 17.7 Å². The highest BCUT2D eigenvalue weighted by atomic mass is 16.6. The van der Waals surface area contributed by atoms with Gasteiger partial charge in [-0.15, -0.1) is 0 Å². The Bertz CT molecular complexity index is 200. The molecule has 0 aliphatic carbocycles. The van der Waals surface area contributed by atoms with Gasteiger partial charge in [-0.25, -0.2) is 4.79 Å². The van der Waals surface area contributed by atoms with Crippen LogP contribution in [0.15, 0.2) is 0 Å². The van der Waals surface area contributed by atoms with E-state index in [0.29, 0.717) is 0 Å². The van der Waals surface area contributed by atoms with Crippen molar-refractivity contribution in [3.05, 3.63) is 0 Å². The minimum atomic E-state index is -0.948. The second-order valence-electron chi connectivity index (χ2n) is 3.57. The molecule has 0 radical (unpaired) electrons. The van der Waals surface area contributed by atoms with E-state index in [-0.39, 0.29) is 14.4 Å². The number of carbonyl (C=O) groups is 2. The SMILES string of the molecule is CC(C)(C)OC(=O)NCCC(=O)O.[HH]. The zero-order valence-electron chi connectivity index (χ0n) is 8.09. The number of hydrogen-bond acceptors (Lipinski definition) is 3. The number of amides is 1. The molecule has 0 aliphatic rings. The Morgan fingerprint density at radius 1 is 1.46 bits per heavy atom. The standard InChI is InChI=1S/C8H15NO4.H2/c1-8(2,3)13-7(12)9-5-4-6(10)11;/h4-5H2,1-3H3,(H,9,12)(H,10,11);1H. The lowest BCUT2D eigenvalue weighted by Crippen LogP contribution is -2.33. The highest BCUT2D eigenvalue weighted by Crippen LogP contribution is 2.06. The average Bonchev–Trinajstić information content (AvgIpc) is 1.81. The lowest BCUT2D eigenvalue weighted by Gasteiger charge is -2.19. The van der Waals surface area contributed by atoms with Crippen LogP contribution in [0.1, 0.15) is 28.6 Å². The van der Waals surface area contributed by atoms with Gasteiger partial charge >= 0.3 is 12.1 Å². The van der Waals surface area contributed by atoms with E-state index in [2.05, 4.69) is 5.32 Å². The van der Waals surface area contributed by atoms with Gasteiger partial charge in [-0.2, -0.15) is 0 Å². The topological polar surface area (TPSA) is 75.6 Å². The van der Waals surface area contributed by atoms with Gasteiger partial charge in [0.2, 0.25) is 0 Å². The number of carboxylic acids is 1. The average molecular weight is 191 g/mol.